The average molecular weight is 412 g/mol. The zero-order valence-electron chi connectivity index (χ0n) is 16.2. The van der Waals surface area contributed by atoms with E-state index >= 15 is 0 Å². The van der Waals surface area contributed by atoms with E-state index in [1.165, 1.54) is 12.1 Å². The number of phenolic OH excluding ortho intramolecular Hbond substituents is 1. The van der Waals surface area contributed by atoms with E-state index in [2.05, 4.69) is 5.10 Å². The van der Waals surface area contributed by atoms with Gasteiger partial charge in [-0.25, -0.2) is 5.01 Å². The highest BCUT2D eigenvalue weighted by Crippen LogP contribution is 2.42. The molecule has 2 aromatic rings. The maximum absolute atomic E-state index is 12.8. The van der Waals surface area contributed by atoms with Crippen molar-refractivity contribution in [3.8, 4) is 23.0 Å². The Bertz CT molecular complexity index is 1030. The van der Waals surface area contributed by atoms with Crippen LogP contribution in [0.3, 0.4) is 0 Å². The molecule has 9 heteroatoms. The van der Waals surface area contributed by atoms with E-state index in [9.17, 15) is 14.7 Å². The fourth-order valence-electron chi connectivity index (χ4n) is 3.53. The molecule has 0 unspecified atom stereocenters. The summed E-state index contributed by atoms with van der Waals surface area (Å²) in [7, 11) is 1.44. The molecular weight excluding hydrogens is 392 g/mol. The lowest BCUT2D eigenvalue weighted by atomic mass is 9.97. The number of hydrazone groups is 1. The second-order valence-electron chi connectivity index (χ2n) is 6.86. The number of aromatic hydroxyl groups is 1. The monoisotopic (exact) mass is 412 g/mol. The lowest BCUT2D eigenvalue weighted by Gasteiger charge is -2.23. The second kappa shape index (κ2) is 7.94. The van der Waals surface area contributed by atoms with Gasteiger partial charge in [-0.3, -0.25) is 9.59 Å². The Morgan fingerprint density at radius 3 is 2.77 bits per heavy atom. The first-order valence-corrected chi connectivity index (χ1v) is 9.35. The molecule has 4 rings (SSSR count). The van der Waals surface area contributed by atoms with Gasteiger partial charge < -0.3 is 24.4 Å². The highest BCUT2D eigenvalue weighted by atomic mass is 16.7. The minimum absolute atomic E-state index is 0.0804. The summed E-state index contributed by atoms with van der Waals surface area (Å²) in [6, 6.07) is 9.80. The second-order valence-corrected chi connectivity index (χ2v) is 6.86. The summed E-state index contributed by atoms with van der Waals surface area (Å²) in [6.07, 6.45) is -0.172. The largest absolute Gasteiger partial charge is 0.504 e. The molecule has 0 saturated heterocycles. The molecule has 0 radical (unpaired) electrons. The van der Waals surface area contributed by atoms with Gasteiger partial charge in [0.1, 0.15) is 0 Å². The van der Waals surface area contributed by atoms with Gasteiger partial charge in [0.25, 0.3) is 0 Å². The Morgan fingerprint density at radius 2 is 2.00 bits per heavy atom. The number of rotatable bonds is 6. The van der Waals surface area contributed by atoms with E-state index < -0.39 is 17.9 Å². The SMILES string of the molecule is COc1cccc([C@H]2CC(c3ccc4c(c3)OCO4)=NN2C(=O)CCC(=O)O)c1O. The molecule has 30 heavy (non-hydrogen) atoms. The van der Waals surface area contributed by atoms with Crippen molar-refractivity contribution in [1.82, 2.24) is 5.01 Å². The third kappa shape index (κ3) is 3.61. The summed E-state index contributed by atoms with van der Waals surface area (Å²) in [5.74, 6) is -0.0887. The number of methoxy groups -OCH3 is 1. The molecule has 2 heterocycles. The minimum atomic E-state index is -1.07. The summed E-state index contributed by atoms with van der Waals surface area (Å²) in [4.78, 5) is 23.7. The number of phenols is 1. The van der Waals surface area contributed by atoms with Crippen LogP contribution < -0.4 is 14.2 Å². The van der Waals surface area contributed by atoms with Crippen LogP contribution in [0.15, 0.2) is 41.5 Å². The van der Waals surface area contributed by atoms with Gasteiger partial charge in [0.2, 0.25) is 12.7 Å². The predicted octanol–water partition coefficient (Wildman–Crippen LogP) is 2.67. The summed E-state index contributed by atoms with van der Waals surface area (Å²) in [5, 5.41) is 25.3. The third-order valence-corrected chi connectivity index (χ3v) is 5.03. The highest BCUT2D eigenvalue weighted by molar-refractivity contribution is 6.03. The molecule has 0 fully saturated rings. The minimum Gasteiger partial charge on any atom is -0.504 e. The summed E-state index contributed by atoms with van der Waals surface area (Å²) >= 11 is 0. The molecule has 2 aliphatic heterocycles. The van der Waals surface area contributed by atoms with E-state index in [0.29, 0.717) is 29.2 Å². The molecule has 0 aliphatic carbocycles. The van der Waals surface area contributed by atoms with E-state index in [1.807, 2.05) is 6.07 Å². The van der Waals surface area contributed by atoms with Crippen LogP contribution in [0.25, 0.3) is 0 Å². The first kappa shape index (κ1) is 19.6. The standard InChI is InChI=1S/C21H20N2O7/c1-28-17-4-2-3-13(21(17)27)15-10-14(22-23(15)19(24)7-8-20(25)26)12-5-6-16-18(9-12)30-11-29-16/h2-6,9,15,27H,7-8,10-11H2,1H3,(H,25,26)/t15-/m1/s1. The number of para-hydroxylation sites is 1. The van der Waals surface area contributed by atoms with Crippen LogP contribution in [0.1, 0.15) is 36.4 Å². The quantitative estimate of drug-likeness (QED) is 0.749. The van der Waals surface area contributed by atoms with Gasteiger partial charge >= 0.3 is 5.97 Å². The lowest BCUT2D eigenvalue weighted by Crippen LogP contribution is -2.27. The maximum Gasteiger partial charge on any atom is 0.303 e. The molecule has 156 valence electrons. The van der Waals surface area contributed by atoms with Gasteiger partial charge in [0.05, 0.1) is 25.3 Å². The van der Waals surface area contributed by atoms with E-state index in [1.54, 1.807) is 30.3 Å². The summed E-state index contributed by atoms with van der Waals surface area (Å²) in [6.45, 7) is 0.144. The van der Waals surface area contributed by atoms with Crippen LogP contribution in [-0.4, -0.2) is 46.7 Å². The molecular formula is C21H20N2O7. The van der Waals surface area contributed by atoms with Crippen molar-refractivity contribution in [3.05, 3.63) is 47.5 Å². The molecule has 0 saturated carbocycles. The van der Waals surface area contributed by atoms with Gasteiger partial charge in [0, 0.05) is 24.0 Å². The molecule has 2 aliphatic rings. The van der Waals surface area contributed by atoms with Crippen LogP contribution >= 0.6 is 0 Å². The Balaban J connectivity index is 1.69. The van der Waals surface area contributed by atoms with Gasteiger partial charge in [-0.2, -0.15) is 5.10 Å². The average Bonchev–Trinajstić information content (AvgIpc) is 3.38. The van der Waals surface area contributed by atoms with Crippen LogP contribution in [0.5, 0.6) is 23.0 Å². The molecule has 2 N–H and O–H groups in total. The van der Waals surface area contributed by atoms with Crippen LogP contribution in [0.4, 0.5) is 0 Å². The number of fused-ring (bicyclic) bond motifs is 1. The van der Waals surface area contributed by atoms with Gasteiger partial charge in [-0.1, -0.05) is 12.1 Å². The fourth-order valence-corrected chi connectivity index (χ4v) is 3.53. The van der Waals surface area contributed by atoms with E-state index in [-0.39, 0.29) is 31.1 Å². The number of carbonyl (C=O) groups excluding carboxylic acids is 1. The molecule has 9 nitrogen and oxygen atoms in total. The predicted molar refractivity (Wildman–Crippen MR) is 105 cm³/mol. The number of hydrogen-bond acceptors (Lipinski definition) is 7. The molecule has 1 amide bonds. The first-order chi connectivity index (χ1) is 14.5. The zero-order chi connectivity index (χ0) is 21.3. The van der Waals surface area contributed by atoms with E-state index in [0.717, 1.165) is 5.56 Å². The Kier molecular flexibility index (Phi) is 5.18. The topological polar surface area (TPSA) is 118 Å². The first-order valence-electron chi connectivity index (χ1n) is 9.35. The Labute approximate surface area is 172 Å². The number of benzene rings is 2. The van der Waals surface area contributed by atoms with Gasteiger partial charge in [0.15, 0.2) is 23.0 Å². The normalized spacial score (nSPS) is 17.0. The van der Waals surface area contributed by atoms with Crippen LogP contribution in [-0.2, 0) is 9.59 Å². The van der Waals surface area contributed by atoms with Gasteiger partial charge in [-0.15, -0.1) is 0 Å². The smallest absolute Gasteiger partial charge is 0.303 e. The Morgan fingerprint density at radius 1 is 1.20 bits per heavy atom. The highest BCUT2D eigenvalue weighted by Gasteiger charge is 2.35. The van der Waals surface area contributed by atoms with Crippen molar-refractivity contribution in [2.24, 2.45) is 5.10 Å². The number of aliphatic carboxylic acids is 1. The van der Waals surface area contributed by atoms with Crippen molar-refractivity contribution >= 4 is 17.6 Å². The Hall–Kier alpha value is -3.75. The number of nitrogens with zero attached hydrogens (tertiary/aromatic N) is 2. The number of carboxylic acid groups (broad SMARTS) is 1. The van der Waals surface area contributed by atoms with E-state index in [4.69, 9.17) is 19.3 Å². The molecule has 0 aromatic heterocycles. The maximum atomic E-state index is 12.8. The molecule has 2 aromatic carbocycles. The van der Waals surface area contributed by atoms with Crippen LogP contribution in [0.2, 0.25) is 0 Å². The number of carboxylic acids is 1. The fraction of sp³-hybridized carbons (Fsp3) is 0.286. The van der Waals surface area contributed by atoms with Crippen molar-refractivity contribution < 1.29 is 34.0 Å². The molecule has 0 spiro atoms. The van der Waals surface area contributed by atoms with Crippen molar-refractivity contribution in [2.75, 3.05) is 13.9 Å². The molecule has 0 bridgehead atoms. The number of hydrogen-bond donors (Lipinski definition) is 2. The summed E-state index contributed by atoms with van der Waals surface area (Å²) in [5.41, 5.74) is 1.84. The molecule has 1 atom stereocenters. The van der Waals surface area contributed by atoms with Gasteiger partial charge in [-0.05, 0) is 24.3 Å². The third-order valence-electron chi connectivity index (χ3n) is 5.03. The number of ether oxygens (including phenoxy) is 3. The number of carbonyl (C=O) groups is 2. The van der Waals surface area contributed by atoms with Crippen molar-refractivity contribution in [3.63, 3.8) is 0 Å². The zero-order valence-corrected chi connectivity index (χ0v) is 16.2. The van der Waals surface area contributed by atoms with Crippen LogP contribution in [0, 0.1) is 0 Å². The van der Waals surface area contributed by atoms with Crippen molar-refractivity contribution in [1.29, 1.82) is 0 Å². The number of amides is 1. The van der Waals surface area contributed by atoms with Crippen molar-refractivity contribution in [2.45, 2.75) is 25.3 Å². The summed E-state index contributed by atoms with van der Waals surface area (Å²) < 4.78 is 15.9. The lowest BCUT2D eigenvalue weighted by molar-refractivity contribution is -0.141.